The molecule has 2 aromatic carbocycles. The van der Waals surface area contributed by atoms with Gasteiger partial charge in [0.2, 0.25) is 5.91 Å². The highest BCUT2D eigenvalue weighted by Gasteiger charge is 2.16. The monoisotopic (exact) mass is 357 g/mol. The molecule has 1 amide bonds. The fourth-order valence-electron chi connectivity index (χ4n) is 2.64. The minimum atomic E-state index is -0.0748. The summed E-state index contributed by atoms with van der Waals surface area (Å²) in [5.41, 5.74) is 3.10. The lowest BCUT2D eigenvalue weighted by Crippen LogP contribution is -2.24. The zero-order valence-electron chi connectivity index (χ0n) is 14.3. The predicted octanol–water partition coefficient (Wildman–Crippen LogP) is 4.09. The van der Waals surface area contributed by atoms with E-state index in [0.29, 0.717) is 36.3 Å². The molecular weight excluding hydrogens is 338 g/mol. The topological polar surface area (TPSA) is 38.8 Å². The zero-order chi connectivity index (χ0) is 17.8. The standard InChI is InChI=1S/C20H20ClNO3/c1-14-5-3-4-6-16(14)13-22(2)19(23)8-7-15-11-17(21)20-18(12-15)24-9-10-25-20/h3-8,11-12H,9-10,13H2,1-2H3/b8-7+. The molecular formula is C20H20ClNO3. The smallest absolute Gasteiger partial charge is 0.246 e. The second kappa shape index (κ2) is 7.62. The van der Waals surface area contributed by atoms with E-state index in [1.165, 1.54) is 5.56 Å². The molecule has 0 bridgehead atoms. The molecule has 5 heteroatoms. The Bertz CT molecular complexity index is 817. The van der Waals surface area contributed by atoms with Gasteiger partial charge in [0.15, 0.2) is 11.5 Å². The molecule has 0 atom stereocenters. The molecule has 0 radical (unpaired) electrons. The van der Waals surface area contributed by atoms with Crippen LogP contribution in [0.4, 0.5) is 0 Å². The van der Waals surface area contributed by atoms with Crippen LogP contribution in [0.1, 0.15) is 16.7 Å². The first-order chi connectivity index (χ1) is 12.0. The van der Waals surface area contributed by atoms with E-state index in [1.54, 1.807) is 30.2 Å². The molecule has 130 valence electrons. The summed E-state index contributed by atoms with van der Waals surface area (Å²) in [6, 6.07) is 11.6. The van der Waals surface area contributed by atoms with Crippen molar-refractivity contribution in [3.05, 3.63) is 64.2 Å². The summed E-state index contributed by atoms with van der Waals surface area (Å²) in [4.78, 5) is 14.0. The van der Waals surface area contributed by atoms with Crippen LogP contribution in [0.2, 0.25) is 5.02 Å². The summed E-state index contributed by atoms with van der Waals surface area (Å²) in [7, 11) is 1.79. The molecule has 0 N–H and O–H groups in total. The van der Waals surface area contributed by atoms with E-state index < -0.39 is 0 Å². The van der Waals surface area contributed by atoms with Gasteiger partial charge in [-0.15, -0.1) is 0 Å². The van der Waals surface area contributed by atoms with Gasteiger partial charge in [0.1, 0.15) is 13.2 Å². The number of likely N-dealkylation sites (N-methyl/N-ethyl adjacent to an activating group) is 1. The summed E-state index contributed by atoms with van der Waals surface area (Å²) in [6.45, 7) is 3.59. The number of hydrogen-bond acceptors (Lipinski definition) is 3. The first kappa shape index (κ1) is 17.4. The third-order valence-corrected chi connectivity index (χ3v) is 4.36. The lowest BCUT2D eigenvalue weighted by molar-refractivity contribution is -0.125. The van der Waals surface area contributed by atoms with Crippen molar-refractivity contribution < 1.29 is 14.3 Å². The van der Waals surface area contributed by atoms with Crippen LogP contribution in [-0.2, 0) is 11.3 Å². The molecule has 2 aromatic rings. The molecule has 0 saturated heterocycles. The molecule has 1 aliphatic heterocycles. The van der Waals surface area contributed by atoms with Gasteiger partial charge in [0.25, 0.3) is 0 Å². The highest BCUT2D eigenvalue weighted by molar-refractivity contribution is 6.32. The average Bonchev–Trinajstić information content (AvgIpc) is 2.61. The molecule has 3 rings (SSSR count). The number of carbonyl (C=O) groups is 1. The summed E-state index contributed by atoms with van der Waals surface area (Å²) in [5, 5.41) is 0.484. The summed E-state index contributed by atoms with van der Waals surface area (Å²) in [5.74, 6) is 1.10. The molecule has 4 nitrogen and oxygen atoms in total. The summed E-state index contributed by atoms with van der Waals surface area (Å²) in [6.07, 6.45) is 3.28. The Kier molecular flexibility index (Phi) is 5.29. The maximum absolute atomic E-state index is 12.4. The van der Waals surface area contributed by atoms with Gasteiger partial charge in [-0.25, -0.2) is 0 Å². The summed E-state index contributed by atoms with van der Waals surface area (Å²) >= 11 is 6.22. The number of nitrogens with zero attached hydrogens (tertiary/aromatic N) is 1. The van der Waals surface area contributed by atoms with Crippen LogP contribution in [0.3, 0.4) is 0 Å². The molecule has 0 saturated carbocycles. The predicted molar refractivity (Wildman–Crippen MR) is 99.1 cm³/mol. The van der Waals surface area contributed by atoms with Gasteiger partial charge in [-0.2, -0.15) is 0 Å². The van der Waals surface area contributed by atoms with E-state index in [-0.39, 0.29) is 5.91 Å². The van der Waals surface area contributed by atoms with Gasteiger partial charge in [0, 0.05) is 19.7 Å². The largest absolute Gasteiger partial charge is 0.486 e. The van der Waals surface area contributed by atoms with Crippen LogP contribution in [0.25, 0.3) is 6.08 Å². The highest BCUT2D eigenvalue weighted by Crippen LogP contribution is 2.38. The number of rotatable bonds is 4. The number of fused-ring (bicyclic) bond motifs is 1. The first-order valence-corrected chi connectivity index (χ1v) is 8.49. The van der Waals surface area contributed by atoms with Crippen LogP contribution >= 0.6 is 11.6 Å². The maximum Gasteiger partial charge on any atom is 0.246 e. The van der Waals surface area contributed by atoms with Crippen molar-refractivity contribution in [2.24, 2.45) is 0 Å². The van der Waals surface area contributed by atoms with E-state index in [2.05, 4.69) is 0 Å². The van der Waals surface area contributed by atoms with Gasteiger partial charge in [0.05, 0.1) is 5.02 Å². The van der Waals surface area contributed by atoms with E-state index in [9.17, 15) is 4.79 Å². The van der Waals surface area contributed by atoms with Gasteiger partial charge in [-0.3, -0.25) is 4.79 Å². The Morgan fingerprint density at radius 3 is 2.80 bits per heavy atom. The Balaban J connectivity index is 1.70. The van der Waals surface area contributed by atoms with Crippen molar-refractivity contribution in [2.45, 2.75) is 13.5 Å². The Hall–Kier alpha value is -2.46. The molecule has 0 spiro atoms. The molecule has 0 fully saturated rings. The lowest BCUT2D eigenvalue weighted by atomic mass is 10.1. The number of hydrogen-bond donors (Lipinski definition) is 0. The van der Waals surface area contributed by atoms with Gasteiger partial charge < -0.3 is 14.4 Å². The van der Waals surface area contributed by atoms with Crippen LogP contribution in [0.5, 0.6) is 11.5 Å². The molecule has 1 aliphatic rings. The molecule has 0 aromatic heterocycles. The van der Waals surface area contributed by atoms with Crippen molar-refractivity contribution in [3.8, 4) is 11.5 Å². The first-order valence-electron chi connectivity index (χ1n) is 8.11. The second-order valence-electron chi connectivity index (χ2n) is 5.98. The fraction of sp³-hybridized carbons (Fsp3) is 0.250. The average molecular weight is 358 g/mol. The Morgan fingerprint density at radius 1 is 1.24 bits per heavy atom. The van der Waals surface area contributed by atoms with E-state index in [0.717, 1.165) is 11.1 Å². The number of amides is 1. The zero-order valence-corrected chi connectivity index (χ0v) is 15.0. The van der Waals surface area contributed by atoms with Crippen LogP contribution in [-0.4, -0.2) is 31.1 Å². The van der Waals surface area contributed by atoms with Crippen LogP contribution in [0.15, 0.2) is 42.5 Å². The van der Waals surface area contributed by atoms with E-state index in [4.69, 9.17) is 21.1 Å². The third-order valence-electron chi connectivity index (χ3n) is 4.08. The molecule has 1 heterocycles. The van der Waals surface area contributed by atoms with Crippen molar-refractivity contribution in [2.75, 3.05) is 20.3 Å². The normalized spacial score (nSPS) is 13.1. The minimum Gasteiger partial charge on any atom is -0.486 e. The Labute approximate surface area is 152 Å². The number of halogens is 1. The SMILES string of the molecule is Cc1ccccc1CN(C)C(=O)/C=C/c1cc(Cl)c2c(c1)OCCO2. The van der Waals surface area contributed by atoms with Crippen molar-refractivity contribution in [3.63, 3.8) is 0 Å². The van der Waals surface area contributed by atoms with Crippen molar-refractivity contribution in [1.29, 1.82) is 0 Å². The van der Waals surface area contributed by atoms with Crippen molar-refractivity contribution in [1.82, 2.24) is 4.90 Å². The van der Waals surface area contributed by atoms with Crippen LogP contribution in [0, 0.1) is 6.92 Å². The van der Waals surface area contributed by atoms with Gasteiger partial charge >= 0.3 is 0 Å². The molecule has 0 aliphatic carbocycles. The van der Waals surface area contributed by atoms with Gasteiger partial charge in [-0.05, 0) is 41.8 Å². The molecule has 25 heavy (non-hydrogen) atoms. The van der Waals surface area contributed by atoms with E-state index in [1.807, 2.05) is 37.3 Å². The minimum absolute atomic E-state index is 0.0748. The summed E-state index contributed by atoms with van der Waals surface area (Å²) < 4.78 is 11.0. The fourth-order valence-corrected chi connectivity index (χ4v) is 2.92. The quantitative estimate of drug-likeness (QED) is 0.773. The van der Waals surface area contributed by atoms with Crippen LogP contribution < -0.4 is 9.47 Å². The third kappa shape index (κ3) is 4.15. The van der Waals surface area contributed by atoms with E-state index >= 15 is 0 Å². The second-order valence-corrected chi connectivity index (χ2v) is 6.39. The lowest BCUT2D eigenvalue weighted by Gasteiger charge is -2.20. The molecule has 0 unspecified atom stereocenters. The van der Waals surface area contributed by atoms with Crippen molar-refractivity contribution >= 4 is 23.6 Å². The Morgan fingerprint density at radius 2 is 2.00 bits per heavy atom. The number of ether oxygens (including phenoxy) is 2. The number of aryl methyl sites for hydroxylation is 1. The number of benzene rings is 2. The highest BCUT2D eigenvalue weighted by atomic mass is 35.5. The maximum atomic E-state index is 12.4. The number of carbonyl (C=O) groups excluding carboxylic acids is 1. The van der Waals surface area contributed by atoms with Gasteiger partial charge in [-0.1, -0.05) is 35.9 Å².